The van der Waals surface area contributed by atoms with E-state index in [1.807, 2.05) is 12.1 Å². The lowest BCUT2D eigenvalue weighted by Gasteiger charge is -2.22. The Hall–Kier alpha value is -4.52. The normalized spacial score (nSPS) is 12.1. The third-order valence-electron chi connectivity index (χ3n) is 14.9. The highest BCUT2D eigenvalue weighted by Crippen LogP contribution is 2.40. The Bertz CT molecular complexity index is 2200. The molecule has 0 radical (unpaired) electrons. The first kappa shape index (κ1) is 59.4. The quantitative estimate of drug-likeness (QED) is 0.0300. The maximum atomic E-state index is 14.5. The molecule has 0 fully saturated rings. The molecule has 0 saturated heterocycles. The molecule has 0 aliphatic carbocycles. The molecule has 0 aromatic heterocycles. The molecule has 0 saturated carbocycles. The standard InChI is InChI=1S/C66H100N2O5/c1-6-9-12-15-18-21-24-27-30-33-45-71-60-49-57(50-61(72-46-34-31-28-25-22-19-16-13-10-7-2)64(60)73-47-35-32-29-26-23-20-17-14-11-8-3)65(69)68-59(48-52(4)5)66(70)67-51-56-42-41-55-40-39-53-37-36-38-54-43-44-58(56)63(55)62(53)54/h36-44,49-50,52,59H,6-35,45-48,51H2,1-5H3,(H,67,70)(H,68,69)/t59-/m0/s1. The number of rotatable bonds is 43. The van der Waals surface area contributed by atoms with E-state index in [0.717, 1.165) is 49.5 Å². The molecule has 2 N–H and O–H groups in total. The summed E-state index contributed by atoms with van der Waals surface area (Å²) in [7, 11) is 0. The van der Waals surface area contributed by atoms with Gasteiger partial charge in [-0.3, -0.25) is 9.59 Å². The van der Waals surface area contributed by atoms with Crippen molar-refractivity contribution in [1.29, 1.82) is 0 Å². The lowest BCUT2D eigenvalue weighted by atomic mass is 9.92. The van der Waals surface area contributed by atoms with Crippen LogP contribution in [0.5, 0.6) is 17.2 Å². The minimum Gasteiger partial charge on any atom is -0.490 e. The number of carbonyl (C=O) groups is 2. The van der Waals surface area contributed by atoms with E-state index in [1.54, 1.807) is 0 Å². The third kappa shape index (κ3) is 21.3. The minimum atomic E-state index is -0.730. The molecular formula is C66H100N2O5. The van der Waals surface area contributed by atoms with Gasteiger partial charge in [-0.2, -0.15) is 0 Å². The van der Waals surface area contributed by atoms with Gasteiger partial charge in [0, 0.05) is 12.1 Å². The average Bonchev–Trinajstić information content (AvgIpc) is 3.39. The zero-order valence-electron chi connectivity index (χ0n) is 46.8. The second-order valence-electron chi connectivity index (χ2n) is 21.8. The fraction of sp³-hybridized carbons (Fsp3) is 0.636. The van der Waals surface area contributed by atoms with Crippen molar-refractivity contribution in [2.45, 2.75) is 246 Å². The molecule has 0 bridgehead atoms. The molecule has 0 aliphatic heterocycles. The third-order valence-corrected chi connectivity index (χ3v) is 14.9. The fourth-order valence-corrected chi connectivity index (χ4v) is 10.6. The number of amides is 2. The predicted molar refractivity (Wildman–Crippen MR) is 311 cm³/mol. The number of benzene rings is 5. The monoisotopic (exact) mass is 1000 g/mol. The molecule has 5 aromatic rings. The minimum absolute atomic E-state index is 0.173. The van der Waals surface area contributed by atoms with E-state index in [4.69, 9.17) is 14.2 Å². The predicted octanol–water partition coefficient (Wildman–Crippen LogP) is 18.9. The highest BCUT2D eigenvalue weighted by Gasteiger charge is 2.26. The SMILES string of the molecule is CCCCCCCCCCCCOc1cc(C(=O)N[C@@H](CC(C)C)C(=O)NCc2ccc3ccc4cccc5ccc2c3c45)cc(OCCCCCCCCCCCC)c1OCCCCCCCCCCCC. The maximum absolute atomic E-state index is 14.5. The van der Waals surface area contributed by atoms with Gasteiger partial charge in [-0.25, -0.2) is 0 Å². The molecule has 5 rings (SSSR count). The number of carbonyl (C=O) groups excluding carboxylic acids is 2. The Labute approximate surface area is 443 Å². The fourth-order valence-electron chi connectivity index (χ4n) is 10.6. The number of hydrogen-bond acceptors (Lipinski definition) is 5. The zero-order chi connectivity index (χ0) is 51.7. The molecular weight excluding hydrogens is 901 g/mol. The van der Waals surface area contributed by atoms with Crippen LogP contribution in [0.2, 0.25) is 0 Å². The summed E-state index contributed by atoms with van der Waals surface area (Å²) in [6.45, 7) is 13.0. The van der Waals surface area contributed by atoms with Gasteiger partial charge in [0.05, 0.1) is 19.8 Å². The van der Waals surface area contributed by atoms with E-state index >= 15 is 0 Å². The topological polar surface area (TPSA) is 85.9 Å². The molecule has 2 amide bonds. The molecule has 0 unspecified atom stereocenters. The lowest BCUT2D eigenvalue weighted by molar-refractivity contribution is -0.123. The molecule has 1 atom stereocenters. The highest BCUT2D eigenvalue weighted by molar-refractivity contribution is 6.23. The summed E-state index contributed by atoms with van der Waals surface area (Å²) in [5.74, 6) is 1.35. The first-order valence-corrected chi connectivity index (χ1v) is 30.1. The van der Waals surface area contributed by atoms with Crippen LogP contribution in [0.4, 0.5) is 0 Å². The molecule has 404 valence electrons. The average molecular weight is 1000 g/mol. The number of hydrogen-bond donors (Lipinski definition) is 2. The largest absolute Gasteiger partial charge is 0.490 e. The first-order chi connectivity index (χ1) is 35.8. The van der Waals surface area contributed by atoms with Gasteiger partial charge in [0.15, 0.2) is 11.5 Å². The summed E-state index contributed by atoms with van der Waals surface area (Å²) in [4.78, 5) is 28.8. The molecule has 7 heteroatoms. The van der Waals surface area contributed by atoms with Crippen molar-refractivity contribution in [2.24, 2.45) is 5.92 Å². The van der Waals surface area contributed by atoms with Gasteiger partial charge in [0.1, 0.15) is 6.04 Å². The van der Waals surface area contributed by atoms with Crippen molar-refractivity contribution in [3.8, 4) is 17.2 Å². The van der Waals surface area contributed by atoms with Crippen LogP contribution in [0.25, 0.3) is 32.3 Å². The van der Waals surface area contributed by atoms with Crippen LogP contribution in [0, 0.1) is 5.92 Å². The van der Waals surface area contributed by atoms with Crippen LogP contribution in [-0.4, -0.2) is 37.7 Å². The van der Waals surface area contributed by atoms with Gasteiger partial charge in [-0.15, -0.1) is 0 Å². The molecule has 5 aromatic carbocycles. The maximum Gasteiger partial charge on any atom is 0.252 e. The van der Waals surface area contributed by atoms with Gasteiger partial charge in [0.2, 0.25) is 11.7 Å². The second kappa shape index (κ2) is 35.6. The molecule has 7 nitrogen and oxygen atoms in total. The highest BCUT2D eigenvalue weighted by atomic mass is 16.5. The molecule has 0 aliphatic rings. The van der Waals surface area contributed by atoms with Gasteiger partial charge in [-0.05, 0) is 81.6 Å². The second-order valence-corrected chi connectivity index (χ2v) is 21.8. The van der Waals surface area contributed by atoms with Crippen LogP contribution in [0.1, 0.15) is 250 Å². The number of ether oxygens (including phenoxy) is 3. The lowest BCUT2D eigenvalue weighted by Crippen LogP contribution is -2.47. The van der Waals surface area contributed by atoms with Crippen LogP contribution in [0.15, 0.2) is 66.7 Å². The summed E-state index contributed by atoms with van der Waals surface area (Å²) >= 11 is 0. The zero-order valence-corrected chi connectivity index (χ0v) is 46.8. The summed E-state index contributed by atoms with van der Waals surface area (Å²) < 4.78 is 19.9. The van der Waals surface area contributed by atoms with E-state index in [0.29, 0.717) is 55.6 Å². The van der Waals surface area contributed by atoms with Crippen LogP contribution < -0.4 is 24.8 Å². The smallest absolute Gasteiger partial charge is 0.252 e. The van der Waals surface area contributed by atoms with Crippen LogP contribution in [-0.2, 0) is 11.3 Å². The van der Waals surface area contributed by atoms with Crippen molar-refractivity contribution in [1.82, 2.24) is 10.6 Å². The van der Waals surface area contributed by atoms with Gasteiger partial charge >= 0.3 is 0 Å². The van der Waals surface area contributed by atoms with E-state index in [2.05, 4.69) is 99.8 Å². The van der Waals surface area contributed by atoms with Crippen molar-refractivity contribution in [2.75, 3.05) is 19.8 Å². The molecule has 0 heterocycles. The van der Waals surface area contributed by atoms with Gasteiger partial charge in [0.25, 0.3) is 5.91 Å². The summed E-state index contributed by atoms with van der Waals surface area (Å²) in [6, 6.07) is 22.3. The Balaban J connectivity index is 1.29. The molecule has 73 heavy (non-hydrogen) atoms. The molecule has 0 spiro atoms. The van der Waals surface area contributed by atoms with Crippen LogP contribution in [0.3, 0.4) is 0 Å². The first-order valence-electron chi connectivity index (χ1n) is 30.1. The Morgan fingerprint density at radius 2 is 0.863 bits per heavy atom. The number of unbranched alkanes of at least 4 members (excludes halogenated alkanes) is 27. The van der Waals surface area contributed by atoms with Gasteiger partial charge < -0.3 is 24.8 Å². The van der Waals surface area contributed by atoms with E-state index in [1.165, 1.54) is 181 Å². The van der Waals surface area contributed by atoms with Crippen molar-refractivity contribution < 1.29 is 23.8 Å². The summed E-state index contributed by atoms with van der Waals surface area (Å²) in [5.41, 5.74) is 1.46. The van der Waals surface area contributed by atoms with E-state index in [9.17, 15) is 9.59 Å². The van der Waals surface area contributed by atoms with Crippen molar-refractivity contribution >= 4 is 44.1 Å². The van der Waals surface area contributed by atoms with Gasteiger partial charge in [-0.1, -0.05) is 263 Å². The van der Waals surface area contributed by atoms with Crippen LogP contribution >= 0.6 is 0 Å². The Morgan fingerprint density at radius 3 is 1.32 bits per heavy atom. The summed E-state index contributed by atoms with van der Waals surface area (Å²) in [5, 5.41) is 13.6. The number of nitrogens with one attached hydrogen (secondary N) is 2. The van der Waals surface area contributed by atoms with E-state index in [-0.39, 0.29) is 17.7 Å². The van der Waals surface area contributed by atoms with E-state index < -0.39 is 6.04 Å². The van der Waals surface area contributed by atoms with Crippen molar-refractivity contribution in [3.63, 3.8) is 0 Å². The Morgan fingerprint density at radius 1 is 0.466 bits per heavy atom. The Kier molecular flexibility index (Phi) is 29.0. The summed E-state index contributed by atoms with van der Waals surface area (Å²) in [6.07, 6.45) is 37.9. The van der Waals surface area contributed by atoms with Crippen molar-refractivity contribution in [3.05, 3.63) is 77.9 Å².